The summed E-state index contributed by atoms with van der Waals surface area (Å²) >= 11 is 0. The number of hydrogen-bond acceptors (Lipinski definition) is 1. The summed E-state index contributed by atoms with van der Waals surface area (Å²) in [7, 11) is 0. The number of para-hydroxylation sites is 1. The van der Waals surface area contributed by atoms with Crippen molar-refractivity contribution in [2.75, 3.05) is 18.0 Å². The first-order valence-corrected chi connectivity index (χ1v) is 4.97. The van der Waals surface area contributed by atoms with E-state index in [1.807, 2.05) is 6.07 Å². The summed E-state index contributed by atoms with van der Waals surface area (Å²) < 4.78 is 0. The van der Waals surface area contributed by atoms with Gasteiger partial charge >= 0.3 is 0 Å². The Bertz CT molecular complexity index is 218. The zero-order chi connectivity index (χ0) is 9.52. The van der Waals surface area contributed by atoms with Crippen molar-refractivity contribution in [3.05, 3.63) is 37.3 Å². The highest BCUT2D eigenvalue weighted by Gasteiger charge is 2.00. The Hall–Kier alpha value is -0.980. The van der Waals surface area contributed by atoms with Crippen LogP contribution in [-0.2, 0) is 0 Å². The average molecular weight is 176 g/mol. The molecule has 1 nitrogen and oxygen atoms in total. The van der Waals surface area contributed by atoms with E-state index in [-0.39, 0.29) is 0 Å². The van der Waals surface area contributed by atoms with Crippen molar-refractivity contribution in [1.82, 2.24) is 0 Å². The molecule has 1 aromatic carbocycles. The molecule has 0 aliphatic carbocycles. The van der Waals surface area contributed by atoms with E-state index in [9.17, 15) is 0 Å². The number of benzene rings is 1. The molecule has 0 aromatic heterocycles. The van der Waals surface area contributed by atoms with Gasteiger partial charge in [-0.1, -0.05) is 31.5 Å². The molecule has 0 unspecified atom stereocenters. The van der Waals surface area contributed by atoms with Crippen molar-refractivity contribution in [1.29, 1.82) is 0 Å². The second kappa shape index (κ2) is 5.63. The number of nitrogens with zero attached hydrogens (tertiary/aromatic N) is 1. The molecule has 0 aliphatic heterocycles. The summed E-state index contributed by atoms with van der Waals surface area (Å²) in [4.78, 5) is 2.31. The average Bonchev–Trinajstić information content (AvgIpc) is 2.21. The number of anilines is 1. The van der Waals surface area contributed by atoms with Crippen LogP contribution in [0.2, 0.25) is 0 Å². The molecule has 71 valence electrons. The standard InChI is InChI=1S/C12H18N/c1-3-5-11-13(4-2)12-9-7-6-8-10-12/h6-10H,2-5,11H2,1H3. The molecule has 0 saturated carbocycles. The fourth-order valence-electron chi connectivity index (χ4n) is 1.36. The fraction of sp³-hybridized carbons (Fsp3) is 0.417. The largest absolute Gasteiger partial charge is 0.372 e. The molecule has 13 heavy (non-hydrogen) atoms. The first-order valence-electron chi connectivity index (χ1n) is 4.97. The van der Waals surface area contributed by atoms with Gasteiger partial charge in [0.2, 0.25) is 0 Å². The van der Waals surface area contributed by atoms with Crippen LogP contribution in [0.3, 0.4) is 0 Å². The fourth-order valence-corrected chi connectivity index (χ4v) is 1.36. The molecule has 0 N–H and O–H groups in total. The summed E-state index contributed by atoms with van der Waals surface area (Å²) in [5.74, 6) is 0. The minimum Gasteiger partial charge on any atom is -0.372 e. The highest BCUT2D eigenvalue weighted by Crippen LogP contribution is 2.12. The van der Waals surface area contributed by atoms with Crippen molar-refractivity contribution in [3.8, 4) is 0 Å². The van der Waals surface area contributed by atoms with Crippen molar-refractivity contribution in [3.63, 3.8) is 0 Å². The van der Waals surface area contributed by atoms with E-state index in [0.717, 1.165) is 13.1 Å². The Morgan fingerprint density at radius 2 is 1.92 bits per heavy atom. The van der Waals surface area contributed by atoms with Gasteiger partial charge in [-0.15, -0.1) is 0 Å². The third kappa shape index (κ3) is 3.10. The van der Waals surface area contributed by atoms with E-state index < -0.39 is 0 Å². The SMILES string of the molecule is [CH2]CN(CCCC)c1ccccc1. The summed E-state index contributed by atoms with van der Waals surface area (Å²) in [6.07, 6.45) is 2.48. The maximum atomic E-state index is 3.94. The molecule has 0 aliphatic rings. The van der Waals surface area contributed by atoms with E-state index in [1.165, 1.54) is 18.5 Å². The van der Waals surface area contributed by atoms with Crippen LogP contribution in [0.25, 0.3) is 0 Å². The zero-order valence-electron chi connectivity index (χ0n) is 8.37. The molecule has 0 bridgehead atoms. The quantitative estimate of drug-likeness (QED) is 0.666. The molecular formula is C12H18N. The molecule has 1 heteroatoms. The van der Waals surface area contributed by atoms with Crippen LogP contribution >= 0.6 is 0 Å². The number of rotatable bonds is 5. The molecule has 0 atom stereocenters. The Morgan fingerprint density at radius 3 is 2.46 bits per heavy atom. The Labute approximate surface area is 81.4 Å². The van der Waals surface area contributed by atoms with Gasteiger partial charge in [0.1, 0.15) is 0 Å². The lowest BCUT2D eigenvalue weighted by Gasteiger charge is -2.22. The monoisotopic (exact) mass is 176 g/mol. The van der Waals surface area contributed by atoms with Crippen molar-refractivity contribution >= 4 is 5.69 Å². The zero-order valence-corrected chi connectivity index (χ0v) is 8.37. The normalized spacial score (nSPS) is 10.0. The first-order chi connectivity index (χ1) is 6.38. The summed E-state index contributed by atoms with van der Waals surface area (Å²) in [6, 6.07) is 10.5. The van der Waals surface area contributed by atoms with Crippen molar-refractivity contribution < 1.29 is 0 Å². The van der Waals surface area contributed by atoms with E-state index in [2.05, 4.69) is 43.0 Å². The van der Waals surface area contributed by atoms with E-state index in [1.54, 1.807) is 0 Å². The van der Waals surface area contributed by atoms with E-state index in [0.29, 0.717) is 0 Å². The van der Waals surface area contributed by atoms with Gasteiger partial charge in [0.25, 0.3) is 0 Å². The molecule has 0 heterocycles. The minimum absolute atomic E-state index is 0.851. The Morgan fingerprint density at radius 1 is 1.23 bits per heavy atom. The van der Waals surface area contributed by atoms with Crippen LogP contribution in [0.4, 0.5) is 5.69 Å². The summed E-state index contributed by atoms with van der Waals surface area (Å²) in [6.45, 7) is 8.12. The third-order valence-electron chi connectivity index (χ3n) is 2.17. The van der Waals surface area contributed by atoms with Gasteiger partial charge in [0.15, 0.2) is 0 Å². The van der Waals surface area contributed by atoms with Crippen LogP contribution in [0, 0.1) is 6.92 Å². The van der Waals surface area contributed by atoms with E-state index >= 15 is 0 Å². The molecule has 1 radical (unpaired) electrons. The van der Waals surface area contributed by atoms with Crippen LogP contribution in [0.15, 0.2) is 30.3 Å². The second-order valence-corrected chi connectivity index (χ2v) is 3.18. The molecule has 0 saturated heterocycles. The first kappa shape index (κ1) is 10.1. The third-order valence-corrected chi connectivity index (χ3v) is 2.17. The van der Waals surface area contributed by atoms with Gasteiger partial charge in [-0.05, 0) is 25.5 Å². The van der Waals surface area contributed by atoms with Crippen LogP contribution in [0.1, 0.15) is 19.8 Å². The predicted octanol–water partition coefficient (Wildman–Crippen LogP) is 3.13. The smallest absolute Gasteiger partial charge is 0.0366 e. The second-order valence-electron chi connectivity index (χ2n) is 3.18. The van der Waals surface area contributed by atoms with Crippen molar-refractivity contribution in [2.24, 2.45) is 0 Å². The molecule has 0 spiro atoms. The van der Waals surface area contributed by atoms with Gasteiger partial charge in [0.05, 0.1) is 0 Å². The van der Waals surface area contributed by atoms with Crippen molar-refractivity contribution in [2.45, 2.75) is 19.8 Å². The maximum absolute atomic E-state index is 3.94. The topological polar surface area (TPSA) is 3.24 Å². The summed E-state index contributed by atoms with van der Waals surface area (Å²) in [5, 5.41) is 0. The van der Waals surface area contributed by atoms with Gasteiger partial charge in [0, 0.05) is 18.8 Å². The van der Waals surface area contributed by atoms with Gasteiger partial charge in [-0.3, -0.25) is 0 Å². The van der Waals surface area contributed by atoms with Gasteiger partial charge in [-0.2, -0.15) is 0 Å². The summed E-state index contributed by atoms with van der Waals surface area (Å²) in [5.41, 5.74) is 1.28. The highest BCUT2D eigenvalue weighted by atomic mass is 15.1. The molecule has 1 aromatic rings. The molecule has 0 amide bonds. The van der Waals surface area contributed by atoms with Gasteiger partial charge < -0.3 is 4.90 Å². The molecule has 1 rings (SSSR count). The van der Waals surface area contributed by atoms with Crippen LogP contribution in [-0.4, -0.2) is 13.1 Å². The van der Waals surface area contributed by atoms with Crippen LogP contribution in [0.5, 0.6) is 0 Å². The molecule has 0 fully saturated rings. The maximum Gasteiger partial charge on any atom is 0.0366 e. The molecular weight excluding hydrogens is 158 g/mol. The lowest BCUT2D eigenvalue weighted by atomic mass is 10.2. The van der Waals surface area contributed by atoms with E-state index in [4.69, 9.17) is 0 Å². The highest BCUT2D eigenvalue weighted by molar-refractivity contribution is 5.45. The lowest BCUT2D eigenvalue weighted by molar-refractivity contribution is 0.745. The lowest BCUT2D eigenvalue weighted by Crippen LogP contribution is -2.23. The van der Waals surface area contributed by atoms with Gasteiger partial charge in [-0.25, -0.2) is 0 Å². The Kier molecular flexibility index (Phi) is 4.37. The number of hydrogen-bond donors (Lipinski definition) is 0. The predicted molar refractivity (Wildman–Crippen MR) is 58.9 cm³/mol. The van der Waals surface area contributed by atoms with Crippen LogP contribution < -0.4 is 4.90 Å². The minimum atomic E-state index is 0.851. The number of unbranched alkanes of at least 4 members (excludes halogenated alkanes) is 1. The Balaban J connectivity index is 2.56.